The topological polar surface area (TPSA) is 33.2 Å². The van der Waals surface area contributed by atoms with Gasteiger partial charge in [0.15, 0.2) is 16.6 Å². The zero-order chi connectivity index (χ0) is 13.1. The quantitative estimate of drug-likeness (QED) is 0.803. The lowest BCUT2D eigenvalue weighted by Crippen LogP contribution is -2.16. The van der Waals surface area contributed by atoms with Crippen molar-refractivity contribution in [1.29, 1.82) is 0 Å². The van der Waals surface area contributed by atoms with Gasteiger partial charge in [-0.1, -0.05) is 47.2 Å². The second-order valence-corrected chi connectivity index (χ2v) is 5.42. The van der Waals surface area contributed by atoms with Crippen molar-refractivity contribution in [3.8, 4) is 0 Å². The molecule has 0 atom stereocenters. The zero-order valence-corrected chi connectivity index (χ0v) is 11.8. The number of thiazole rings is 1. The molecule has 0 fully saturated rings. The number of nitrogens with zero attached hydrogens (tertiary/aromatic N) is 2. The molecule has 0 N–H and O–H groups in total. The van der Waals surface area contributed by atoms with Crippen LogP contribution < -0.4 is 4.90 Å². The molecule has 1 heterocycles. The Morgan fingerprint density at radius 1 is 1.44 bits per heavy atom. The highest BCUT2D eigenvalue weighted by molar-refractivity contribution is 7.17. The van der Waals surface area contributed by atoms with E-state index in [0.717, 1.165) is 18.0 Å². The van der Waals surface area contributed by atoms with Gasteiger partial charge < -0.3 is 4.90 Å². The molecule has 2 aromatic rings. The third-order valence-electron chi connectivity index (χ3n) is 2.70. The molecule has 3 nitrogen and oxygen atoms in total. The summed E-state index contributed by atoms with van der Waals surface area (Å²) in [4.78, 5) is 17.4. The van der Waals surface area contributed by atoms with Gasteiger partial charge in [-0.3, -0.25) is 4.79 Å². The van der Waals surface area contributed by atoms with Gasteiger partial charge >= 0.3 is 0 Å². The van der Waals surface area contributed by atoms with Crippen molar-refractivity contribution < 1.29 is 4.79 Å². The first-order valence-electron chi connectivity index (χ1n) is 5.49. The summed E-state index contributed by atoms with van der Waals surface area (Å²) in [6.45, 7) is 2.82. The van der Waals surface area contributed by atoms with Crippen molar-refractivity contribution in [2.24, 2.45) is 0 Å². The molecule has 0 saturated carbocycles. The molecule has 0 aliphatic rings. The normalized spacial score (nSPS) is 10.4. The minimum absolute atomic E-state index is 0.279. The summed E-state index contributed by atoms with van der Waals surface area (Å²) in [6, 6.07) is 8.20. The lowest BCUT2D eigenvalue weighted by Gasteiger charge is -2.16. The molecule has 0 saturated heterocycles. The summed E-state index contributed by atoms with van der Waals surface area (Å²) in [5.41, 5.74) is 2.47. The monoisotopic (exact) mass is 280 g/mol. The van der Waals surface area contributed by atoms with Crippen molar-refractivity contribution >= 4 is 34.4 Å². The van der Waals surface area contributed by atoms with Crippen LogP contribution in [0.15, 0.2) is 24.3 Å². The average molecular weight is 281 g/mol. The summed E-state index contributed by atoms with van der Waals surface area (Å²) < 4.78 is 0. The van der Waals surface area contributed by atoms with Crippen LogP contribution >= 0.6 is 22.9 Å². The van der Waals surface area contributed by atoms with Crippen molar-refractivity contribution in [3.05, 3.63) is 45.4 Å². The molecule has 5 heteroatoms. The summed E-state index contributed by atoms with van der Waals surface area (Å²) in [6.07, 6.45) is 0.741. The van der Waals surface area contributed by atoms with Gasteiger partial charge in [0.05, 0.1) is 0 Å². The summed E-state index contributed by atoms with van der Waals surface area (Å²) in [5, 5.41) is 1.03. The molecule has 0 aliphatic heterocycles. The molecule has 0 unspecified atom stereocenters. The minimum Gasteiger partial charge on any atom is -0.347 e. The largest absolute Gasteiger partial charge is 0.347 e. The number of anilines is 1. The van der Waals surface area contributed by atoms with Gasteiger partial charge in [-0.25, -0.2) is 4.98 Å². The van der Waals surface area contributed by atoms with E-state index in [2.05, 4.69) is 24.0 Å². The Kier molecular flexibility index (Phi) is 3.99. The minimum atomic E-state index is 0.279. The zero-order valence-electron chi connectivity index (χ0n) is 10.2. The van der Waals surface area contributed by atoms with Gasteiger partial charge in [0, 0.05) is 13.6 Å². The standard InChI is InChI=1S/C13H13ClN2OS/c1-9-5-3-4-6-10(9)7-16(2)13-15-12(14)11(8-17)18-13/h3-6,8H,7H2,1-2H3. The predicted octanol–water partition coefficient (Wildman–Crippen LogP) is 3.55. The van der Waals surface area contributed by atoms with E-state index >= 15 is 0 Å². The Labute approximate surface area is 115 Å². The Balaban J connectivity index is 2.19. The number of halogens is 1. The van der Waals surface area contributed by atoms with E-state index in [0.29, 0.717) is 4.88 Å². The van der Waals surface area contributed by atoms with Crippen molar-refractivity contribution in [2.45, 2.75) is 13.5 Å². The fourth-order valence-electron chi connectivity index (χ4n) is 1.65. The maximum atomic E-state index is 10.7. The Hall–Kier alpha value is -1.39. The highest BCUT2D eigenvalue weighted by Gasteiger charge is 2.12. The van der Waals surface area contributed by atoms with Crippen LogP contribution in [0.5, 0.6) is 0 Å². The smallest absolute Gasteiger partial charge is 0.187 e. The van der Waals surface area contributed by atoms with Crippen LogP contribution in [0.3, 0.4) is 0 Å². The lowest BCUT2D eigenvalue weighted by atomic mass is 10.1. The highest BCUT2D eigenvalue weighted by atomic mass is 35.5. The van der Waals surface area contributed by atoms with Crippen LogP contribution in [0.25, 0.3) is 0 Å². The lowest BCUT2D eigenvalue weighted by molar-refractivity contribution is 0.112. The average Bonchev–Trinajstić information content (AvgIpc) is 2.73. The summed E-state index contributed by atoms with van der Waals surface area (Å²) in [5.74, 6) is 0. The van der Waals surface area contributed by atoms with E-state index in [4.69, 9.17) is 11.6 Å². The summed E-state index contributed by atoms with van der Waals surface area (Å²) >= 11 is 7.17. The number of carbonyl (C=O) groups is 1. The molecule has 0 radical (unpaired) electrons. The first-order valence-corrected chi connectivity index (χ1v) is 6.68. The van der Waals surface area contributed by atoms with Gasteiger partial charge in [-0.05, 0) is 18.1 Å². The molecule has 18 heavy (non-hydrogen) atoms. The maximum absolute atomic E-state index is 10.7. The Morgan fingerprint density at radius 2 is 2.17 bits per heavy atom. The van der Waals surface area contributed by atoms with Crippen LogP contribution in [0, 0.1) is 6.92 Å². The third kappa shape index (κ3) is 2.71. The second kappa shape index (κ2) is 5.50. The molecular weight excluding hydrogens is 268 g/mol. The number of aromatic nitrogens is 1. The Bertz CT molecular complexity index is 568. The third-order valence-corrected chi connectivity index (χ3v) is 4.20. The number of hydrogen-bond acceptors (Lipinski definition) is 4. The summed E-state index contributed by atoms with van der Waals surface area (Å²) in [7, 11) is 1.94. The molecule has 0 aliphatic carbocycles. The number of aryl methyl sites for hydroxylation is 1. The van der Waals surface area contributed by atoms with E-state index in [9.17, 15) is 4.79 Å². The maximum Gasteiger partial charge on any atom is 0.187 e. The van der Waals surface area contributed by atoms with Gasteiger partial charge in [0.25, 0.3) is 0 Å². The SMILES string of the molecule is Cc1ccccc1CN(C)c1nc(Cl)c(C=O)s1. The molecule has 94 valence electrons. The number of carbonyl (C=O) groups excluding carboxylic acids is 1. The van der Waals surface area contributed by atoms with Crippen molar-refractivity contribution in [3.63, 3.8) is 0 Å². The van der Waals surface area contributed by atoms with Crippen LogP contribution in [-0.2, 0) is 6.54 Å². The van der Waals surface area contributed by atoms with E-state index in [1.807, 2.05) is 24.1 Å². The number of rotatable bonds is 4. The van der Waals surface area contributed by atoms with Gasteiger partial charge in [-0.15, -0.1) is 0 Å². The molecule has 0 amide bonds. The first kappa shape index (κ1) is 13.1. The molecule has 0 spiro atoms. The van der Waals surface area contributed by atoms with E-state index in [-0.39, 0.29) is 5.15 Å². The molecule has 1 aromatic heterocycles. The van der Waals surface area contributed by atoms with E-state index < -0.39 is 0 Å². The van der Waals surface area contributed by atoms with Crippen LogP contribution in [-0.4, -0.2) is 18.3 Å². The van der Waals surface area contributed by atoms with Crippen LogP contribution in [0.1, 0.15) is 20.8 Å². The molecule has 0 bridgehead atoms. The van der Waals surface area contributed by atoms with Crippen LogP contribution in [0.4, 0.5) is 5.13 Å². The van der Waals surface area contributed by atoms with Gasteiger partial charge in [0.1, 0.15) is 4.88 Å². The fraction of sp³-hybridized carbons (Fsp3) is 0.231. The number of benzene rings is 1. The second-order valence-electron chi connectivity index (χ2n) is 4.05. The number of aldehydes is 1. The Morgan fingerprint density at radius 3 is 2.78 bits per heavy atom. The van der Waals surface area contributed by atoms with Crippen LogP contribution in [0.2, 0.25) is 5.15 Å². The first-order chi connectivity index (χ1) is 8.61. The van der Waals surface area contributed by atoms with Crippen molar-refractivity contribution in [2.75, 3.05) is 11.9 Å². The molecule has 1 aromatic carbocycles. The molecule has 2 rings (SSSR count). The van der Waals surface area contributed by atoms with Crippen molar-refractivity contribution in [1.82, 2.24) is 4.98 Å². The van der Waals surface area contributed by atoms with E-state index in [1.54, 1.807) is 0 Å². The van der Waals surface area contributed by atoms with Gasteiger partial charge in [-0.2, -0.15) is 0 Å². The van der Waals surface area contributed by atoms with Gasteiger partial charge in [0.2, 0.25) is 0 Å². The number of hydrogen-bond donors (Lipinski definition) is 0. The molecular formula is C13H13ClN2OS. The van der Waals surface area contributed by atoms with E-state index in [1.165, 1.54) is 22.5 Å². The fourth-order valence-corrected chi connectivity index (χ4v) is 2.67. The predicted molar refractivity (Wildman–Crippen MR) is 75.8 cm³/mol. The highest BCUT2D eigenvalue weighted by Crippen LogP contribution is 2.28.